The van der Waals surface area contributed by atoms with Crippen molar-refractivity contribution in [2.75, 3.05) is 5.32 Å². The number of nitrogens with one attached hydrogen (secondary N) is 1. The fourth-order valence-corrected chi connectivity index (χ4v) is 1.26. The van der Waals surface area contributed by atoms with Crippen LogP contribution in [0.15, 0.2) is 24.5 Å². The first kappa shape index (κ1) is 11.2. The van der Waals surface area contributed by atoms with E-state index in [2.05, 4.69) is 15.4 Å². The summed E-state index contributed by atoms with van der Waals surface area (Å²) in [6.07, 6.45) is 2.63. The smallest absolute Gasteiger partial charge is 0.260 e. The number of aromatic nitrogens is 3. The van der Waals surface area contributed by atoms with Crippen molar-refractivity contribution in [2.45, 2.75) is 0 Å². The summed E-state index contributed by atoms with van der Waals surface area (Å²) in [5.41, 5.74) is -0.414. The molecule has 1 amide bonds. The van der Waals surface area contributed by atoms with Gasteiger partial charge in [-0.15, -0.1) is 0 Å². The van der Waals surface area contributed by atoms with Crippen LogP contribution in [0.4, 0.5) is 14.6 Å². The van der Waals surface area contributed by atoms with Crippen LogP contribution in [0.25, 0.3) is 0 Å². The number of halogens is 2. The van der Waals surface area contributed by atoms with Crippen molar-refractivity contribution >= 4 is 11.7 Å². The molecule has 0 radical (unpaired) electrons. The van der Waals surface area contributed by atoms with Crippen molar-refractivity contribution in [3.63, 3.8) is 0 Å². The van der Waals surface area contributed by atoms with Gasteiger partial charge in [0.2, 0.25) is 5.95 Å². The Labute approximate surface area is 95.1 Å². The van der Waals surface area contributed by atoms with Crippen LogP contribution in [0.3, 0.4) is 0 Å². The molecule has 0 atom stereocenters. The zero-order valence-electron chi connectivity index (χ0n) is 8.82. The number of hydrogen-bond donors (Lipinski definition) is 1. The summed E-state index contributed by atoms with van der Waals surface area (Å²) >= 11 is 0. The number of hydrogen-bond acceptors (Lipinski definition) is 3. The number of anilines is 1. The summed E-state index contributed by atoms with van der Waals surface area (Å²) in [5.74, 6) is -3.10. The highest BCUT2D eigenvalue weighted by atomic mass is 19.2. The first-order chi connectivity index (χ1) is 8.08. The summed E-state index contributed by atoms with van der Waals surface area (Å²) in [5, 5.41) is 6.22. The first-order valence-electron chi connectivity index (χ1n) is 4.69. The maximum Gasteiger partial charge on any atom is 0.260 e. The lowest BCUT2D eigenvalue weighted by Crippen LogP contribution is -2.15. The van der Waals surface area contributed by atoms with Gasteiger partial charge in [0.1, 0.15) is 0 Å². The van der Waals surface area contributed by atoms with Crippen LogP contribution in [-0.4, -0.2) is 20.7 Å². The number of nitrogens with zero attached hydrogens (tertiary/aromatic N) is 3. The van der Waals surface area contributed by atoms with Gasteiger partial charge >= 0.3 is 0 Å². The highest BCUT2D eigenvalue weighted by molar-refractivity contribution is 6.03. The van der Waals surface area contributed by atoms with E-state index >= 15 is 0 Å². The number of carbonyl (C=O) groups is 1. The van der Waals surface area contributed by atoms with Gasteiger partial charge in [-0.3, -0.25) is 9.48 Å². The van der Waals surface area contributed by atoms with E-state index < -0.39 is 23.2 Å². The summed E-state index contributed by atoms with van der Waals surface area (Å²) in [7, 11) is 1.67. The molecule has 7 heteroatoms. The van der Waals surface area contributed by atoms with Crippen molar-refractivity contribution in [3.05, 3.63) is 41.9 Å². The molecule has 2 heterocycles. The normalized spacial score (nSPS) is 10.3. The maximum atomic E-state index is 13.2. The Morgan fingerprint density at radius 1 is 1.41 bits per heavy atom. The molecule has 0 fully saturated rings. The molecule has 0 aliphatic carbocycles. The summed E-state index contributed by atoms with van der Waals surface area (Å²) in [6.45, 7) is 0. The van der Waals surface area contributed by atoms with Crippen molar-refractivity contribution in [2.24, 2.45) is 7.05 Å². The number of rotatable bonds is 2. The summed E-state index contributed by atoms with van der Waals surface area (Å²) in [6, 6.07) is 2.63. The zero-order valence-corrected chi connectivity index (χ0v) is 8.82. The van der Waals surface area contributed by atoms with Crippen LogP contribution >= 0.6 is 0 Å². The quantitative estimate of drug-likeness (QED) is 0.803. The minimum atomic E-state index is -1.31. The van der Waals surface area contributed by atoms with Gasteiger partial charge in [0.25, 0.3) is 5.91 Å². The molecule has 88 valence electrons. The first-order valence-corrected chi connectivity index (χ1v) is 4.69. The number of aryl methyl sites for hydroxylation is 1. The molecule has 0 saturated carbocycles. The molecule has 0 bridgehead atoms. The van der Waals surface area contributed by atoms with E-state index in [-0.39, 0.29) is 5.82 Å². The zero-order chi connectivity index (χ0) is 12.4. The molecule has 0 spiro atoms. The van der Waals surface area contributed by atoms with Crippen molar-refractivity contribution in [3.8, 4) is 0 Å². The Morgan fingerprint density at radius 2 is 2.18 bits per heavy atom. The second-order valence-corrected chi connectivity index (χ2v) is 3.29. The monoisotopic (exact) mass is 238 g/mol. The summed E-state index contributed by atoms with van der Waals surface area (Å²) < 4.78 is 27.5. The van der Waals surface area contributed by atoms with Gasteiger partial charge in [-0.05, 0) is 6.07 Å². The minimum Gasteiger partial charge on any atom is -0.305 e. The van der Waals surface area contributed by atoms with Crippen LogP contribution in [0.5, 0.6) is 0 Å². The van der Waals surface area contributed by atoms with Gasteiger partial charge in [-0.2, -0.15) is 9.49 Å². The Kier molecular flexibility index (Phi) is 2.82. The lowest BCUT2D eigenvalue weighted by Gasteiger charge is -2.03. The van der Waals surface area contributed by atoms with Gasteiger partial charge < -0.3 is 5.32 Å². The van der Waals surface area contributed by atoms with E-state index in [4.69, 9.17) is 0 Å². The predicted octanol–water partition coefficient (Wildman–Crippen LogP) is 1.35. The lowest BCUT2D eigenvalue weighted by molar-refractivity contribution is 0.102. The average molecular weight is 238 g/mol. The Bertz CT molecular complexity index is 567. The third kappa shape index (κ3) is 2.27. The fourth-order valence-electron chi connectivity index (χ4n) is 1.26. The van der Waals surface area contributed by atoms with Crippen molar-refractivity contribution < 1.29 is 13.6 Å². The standard InChI is InChI=1S/C10H8F2N4O/c1-16-5-3-7(15-16)14-10(17)6-2-4-13-9(12)8(6)11/h2-5H,1H3,(H,14,15,17). The van der Waals surface area contributed by atoms with E-state index in [0.717, 1.165) is 12.3 Å². The molecular formula is C10H8F2N4O. The number of carbonyl (C=O) groups excluding carboxylic acids is 1. The largest absolute Gasteiger partial charge is 0.305 e. The maximum absolute atomic E-state index is 13.2. The molecular weight excluding hydrogens is 230 g/mol. The van der Waals surface area contributed by atoms with Gasteiger partial charge in [0.05, 0.1) is 5.56 Å². The third-order valence-corrected chi connectivity index (χ3v) is 2.05. The molecule has 0 aromatic carbocycles. The van der Waals surface area contributed by atoms with Gasteiger partial charge in [0.15, 0.2) is 11.6 Å². The van der Waals surface area contributed by atoms with Crippen molar-refractivity contribution in [1.82, 2.24) is 14.8 Å². The molecule has 0 unspecified atom stereocenters. The Morgan fingerprint density at radius 3 is 2.82 bits per heavy atom. The Hall–Kier alpha value is -2.31. The second-order valence-electron chi connectivity index (χ2n) is 3.29. The van der Waals surface area contributed by atoms with Crippen LogP contribution in [0.1, 0.15) is 10.4 Å². The van der Waals surface area contributed by atoms with E-state index in [1.54, 1.807) is 13.2 Å². The molecule has 1 N–H and O–H groups in total. The van der Waals surface area contributed by atoms with Crippen LogP contribution in [0, 0.1) is 11.8 Å². The lowest BCUT2D eigenvalue weighted by atomic mass is 10.2. The van der Waals surface area contributed by atoms with E-state index in [9.17, 15) is 13.6 Å². The molecule has 0 aliphatic heterocycles. The van der Waals surface area contributed by atoms with Crippen LogP contribution < -0.4 is 5.32 Å². The van der Waals surface area contributed by atoms with Gasteiger partial charge in [-0.1, -0.05) is 0 Å². The fraction of sp³-hybridized carbons (Fsp3) is 0.100. The van der Waals surface area contributed by atoms with Gasteiger partial charge in [0, 0.05) is 25.5 Å². The van der Waals surface area contributed by atoms with Gasteiger partial charge in [-0.25, -0.2) is 9.37 Å². The van der Waals surface area contributed by atoms with Crippen molar-refractivity contribution in [1.29, 1.82) is 0 Å². The molecule has 2 aromatic heterocycles. The van der Waals surface area contributed by atoms with E-state index in [1.165, 1.54) is 10.7 Å². The third-order valence-electron chi connectivity index (χ3n) is 2.05. The SMILES string of the molecule is Cn1ccc(NC(=O)c2ccnc(F)c2F)n1. The topological polar surface area (TPSA) is 59.8 Å². The van der Waals surface area contributed by atoms with E-state index in [0.29, 0.717) is 0 Å². The molecule has 0 aliphatic rings. The number of pyridine rings is 1. The Balaban J connectivity index is 2.23. The minimum absolute atomic E-state index is 0.258. The molecule has 2 rings (SSSR count). The highest BCUT2D eigenvalue weighted by Crippen LogP contribution is 2.11. The van der Waals surface area contributed by atoms with Crippen LogP contribution in [-0.2, 0) is 7.05 Å². The average Bonchev–Trinajstić information content (AvgIpc) is 2.68. The highest BCUT2D eigenvalue weighted by Gasteiger charge is 2.16. The van der Waals surface area contributed by atoms with E-state index in [1.807, 2.05) is 0 Å². The molecule has 5 nitrogen and oxygen atoms in total. The number of amides is 1. The summed E-state index contributed by atoms with van der Waals surface area (Å²) in [4.78, 5) is 14.7. The predicted molar refractivity (Wildman–Crippen MR) is 55.3 cm³/mol. The van der Waals surface area contributed by atoms with Crippen LogP contribution in [0.2, 0.25) is 0 Å². The molecule has 17 heavy (non-hydrogen) atoms. The second kappa shape index (κ2) is 4.28. The molecule has 0 saturated heterocycles. The molecule has 2 aromatic rings.